The molecule has 1 aliphatic rings. The third-order valence-corrected chi connectivity index (χ3v) is 4.90. The van der Waals surface area contributed by atoms with E-state index in [1.165, 1.54) is 0 Å². The molecule has 1 heterocycles. The maximum absolute atomic E-state index is 12.1. The summed E-state index contributed by atoms with van der Waals surface area (Å²) in [5.41, 5.74) is 0.732. The molecule has 0 spiro atoms. The lowest BCUT2D eigenvalue weighted by molar-refractivity contribution is -0.160. The molecule has 25 heavy (non-hydrogen) atoms. The van der Waals surface area contributed by atoms with Gasteiger partial charge in [0, 0.05) is 31.7 Å². The topological polar surface area (TPSA) is 70.1 Å². The quantitative estimate of drug-likeness (QED) is 0.797. The Labute approximate surface area is 149 Å². The van der Waals surface area contributed by atoms with Crippen LogP contribution in [0.3, 0.4) is 0 Å². The van der Waals surface area contributed by atoms with E-state index in [2.05, 4.69) is 23.8 Å². The highest BCUT2D eigenvalue weighted by atomic mass is 16.6. The number of ether oxygens (including phenoxy) is 1. The van der Waals surface area contributed by atoms with E-state index in [-0.39, 0.29) is 11.5 Å². The van der Waals surface area contributed by atoms with Gasteiger partial charge < -0.3 is 19.6 Å². The summed E-state index contributed by atoms with van der Waals surface area (Å²) in [5.74, 6) is -1.11. The van der Waals surface area contributed by atoms with Gasteiger partial charge in [0.05, 0.1) is 12.0 Å². The standard InChI is InChI=1S/C19H28N2O4/c1-4-20(3)13-10-19(2)11-14-21(12-9-17(22)25-19)16-7-5-15(6-8-16)18(23)24/h5-8H,4,9-14H2,1-3H3,(H,23,24). The number of aromatic carboxylic acids is 1. The number of carbonyl (C=O) groups excluding carboxylic acids is 1. The van der Waals surface area contributed by atoms with Crippen LogP contribution in [-0.2, 0) is 9.53 Å². The molecule has 1 aromatic rings. The predicted molar refractivity (Wildman–Crippen MR) is 97.1 cm³/mol. The van der Waals surface area contributed by atoms with Gasteiger partial charge in [-0.05, 0) is 51.2 Å². The predicted octanol–water partition coefficient (Wildman–Crippen LogP) is 2.63. The Hall–Kier alpha value is -2.08. The third kappa shape index (κ3) is 5.46. The first-order chi connectivity index (χ1) is 11.8. The zero-order valence-corrected chi connectivity index (χ0v) is 15.3. The number of rotatable bonds is 6. The van der Waals surface area contributed by atoms with E-state index >= 15 is 0 Å². The summed E-state index contributed by atoms with van der Waals surface area (Å²) >= 11 is 0. The average Bonchev–Trinajstić information content (AvgIpc) is 2.58. The maximum Gasteiger partial charge on any atom is 0.335 e. The number of benzene rings is 1. The Morgan fingerprint density at radius 2 is 2.00 bits per heavy atom. The Kier molecular flexibility index (Phi) is 6.42. The molecule has 2 rings (SSSR count). The summed E-state index contributed by atoms with van der Waals surface area (Å²) in [7, 11) is 2.06. The molecule has 0 amide bonds. The van der Waals surface area contributed by atoms with E-state index in [4.69, 9.17) is 9.84 Å². The highest BCUT2D eigenvalue weighted by molar-refractivity contribution is 5.88. The first-order valence-corrected chi connectivity index (χ1v) is 8.81. The Bertz CT molecular complexity index is 602. The van der Waals surface area contributed by atoms with Crippen LogP contribution in [0, 0.1) is 0 Å². The molecule has 0 aliphatic carbocycles. The van der Waals surface area contributed by atoms with Crippen LogP contribution in [0.2, 0.25) is 0 Å². The van der Waals surface area contributed by atoms with Crippen molar-refractivity contribution in [2.75, 3.05) is 38.1 Å². The van der Waals surface area contributed by atoms with Gasteiger partial charge in [-0.25, -0.2) is 4.79 Å². The normalized spacial score (nSPS) is 21.6. The first-order valence-electron chi connectivity index (χ1n) is 8.81. The number of hydrogen-bond donors (Lipinski definition) is 1. The second-order valence-corrected chi connectivity index (χ2v) is 6.91. The summed E-state index contributed by atoms with van der Waals surface area (Å²) in [4.78, 5) is 27.5. The molecule has 1 N–H and O–H groups in total. The van der Waals surface area contributed by atoms with Crippen molar-refractivity contribution in [1.29, 1.82) is 0 Å². The molecule has 1 atom stereocenters. The van der Waals surface area contributed by atoms with Crippen LogP contribution in [0.1, 0.15) is 43.5 Å². The van der Waals surface area contributed by atoms with Crippen molar-refractivity contribution in [2.45, 2.75) is 38.7 Å². The molecular formula is C19H28N2O4. The van der Waals surface area contributed by atoms with Gasteiger partial charge in [-0.3, -0.25) is 4.79 Å². The molecule has 138 valence electrons. The fraction of sp³-hybridized carbons (Fsp3) is 0.579. The van der Waals surface area contributed by atoms with Crippen molar-refractivity contribution in [3.63, 3.8) is 0 Å². The van der Waals surface area contributed by atoms with Crippen LogP contribution in [0.4, 0.5) is 5.69 Å². The summed E-state index contributed by atoms with van der Waals surface area (Å²) in [6, 6.07) is 6.81. The van der Waals surface area contributed by atoms with Crippen molar-refractivity contribution in [2.24, 2.45) is 0 Å². The molecule has 0 saturated carbocycles. The smallest absolute Gasteiger partial charge is 0.335 e. The Morgan fingerprint density at radius 3 is 2.60 bits per heavy atom. The van der Waals surface area contributed by atoms with Crippen LogP contribution in [0.5, 0.6) is 0 Å². The minimum absolute atomic E-state index is 0.173. The van der Waals surface area contributed by atoms with Gasteiger partial charge >= 0.3 is 11.9 Å². The highest BCUT2D eigenvalue weighted by Crippen LogP contribution is 2.26. The zero-order valence-electron chi connectivity index (χ0n) is 15.3. The summed E-state index contributed by atoms with van der Waals surface area (Å²) in [6.07, 6.45) is 1.88. The third-order valence-electron chi connectivity index (χ3n) is 4.90. The average molecular weight is 348 g/mol. The van der Waals surface area contributed by atoms with Crippen LogP contribution >= 0.6 is 0 Å². The molecule has 0 bridgehead atoms. The van der Waals surface area contributed by atoms with Gasteiger partial charge in [0.25, 0.3) is 0 Å². The van der Waals surface area contributed by atoms with E-state index in [1.54, 1.807) is 24.3 Å². The number of carbonyl (C=O) groups is 2. The van der Waals surface area contributed by atoms with E-state index < -0.39 is 11.6 Å². The van der Waals surface area contributed by atoms with Crippen LogP contribution in [0.15, 0.2) is 24.3 Å². The lowest BCUT2D eigenvalue weighted by Gasteiger charge is -2.37. The van der Waals surface area contributed by atoms with Gasteiger partial charge in [0.1, 0.15) is 5.60 Å². The lowest BCUT2D eigenvalue weighted by Crippen LogP contribution is -2.43. The zero-order chi connectivity index (χ0) is 18.4. The largest absolute Gasteiger partial charge is 0.478 e. The number of esters is 1. The van der Waals surface area contributed by atoms with Crippen LogP contribution in [0.25, 0.3) is 0 Å². The molecule has 1 aromatic carbocycles. The first kappa shape index (κ1) is 19.2. The van der Waals surface area contributed by atoms with Gasteiger partial charge in [0.2, 0.25) is 0 Å². The molecule has 1 aliphatic heterocycles. The van der Waals surface area contributed by atoms with E-state index in [0.29, 0.717) is 13.0 Å². The number of carboxylic acid groups (broad SMARTS) is 1. The molecule has 0 aromatic heterocycles. The van der Waals surface area contributed by atoms with Crippen LogP contribution < -0.4 is 4.90 Å². The van der Waals surface area contributed by atoms with Crippen molar-refractivity contribution in [3.8, 4) is 0 Å². The Balaban J connectivity index is 2.07. The minimum atomic E-state index is -0.935. The molecule has 6 heteroatoms. The van der Waals surface area contributed by atoms with E-state index in [9.17, 15) is 9.59 Å². The maximum atomic E-state index is 12.1. The summed E-state index contributed by atoms with van der Waals surface area (Å²) in [5, 5.41) is 9.02. The van der Waals surface area contributed by atoms with E-state index in [1.807, 2.05) is 6.92 Å². The van der Waals surface area contributed by atoms with Gasteiger partial charge in [0.15, 0.2) is 0 Å². The van der Waals surface area contributed by atoms with Crippen LogP contribution in [-0.4, -0.2) is 60.8 Å². The van der Waals surface area contributed by atoms with Gasteiger partial charge in [-0.2, -0.15) is 0 Å². The second-order valence-electron chi connectivity index (χ2n) is 6.91. The number of cyclic esters (lactones) is 1. The number of anilines is 1. The molecular weight excluding hydrogens is 320 g/mol. The Morgan fingerprint density at radius 1 is 1.32 bits per heavy atom. The molecule has 6 nitrogen and oxygen atoms in total. The molecule has 1 unspecified atom stereocenters. The molecule has 0 radical (unpaired) electrons. The van der Waals surface area contributed by atoms with Gasteiger partial charge in [-0.15, -0.1) is 0 Å². The van der Waals surface area contributed by atoms with Crippen molar-refractivity contribution >= 4 is 17.6 Å². The summed E-state index contributed by atoms with van der Waals surface area (Å²) in [6.45, 7) is 7.31. The SMILES string of the molecule is CCN(C)CCC1(C)CCN(c2ccc(C(=O)O)cc2)CCC(=O)O1. The minimum Gasteiger partial charge on any atom is -0.478 e. The van der Waals surface area contributed by atoms with Gasteiger partial charge in [-0.1, -0.05) is 6.92 Å². The monoisotopic (exact) mass is 348 g/mol. The number of nitrogens with zero attached hydrogens (tertiary/aromatic N) is 2. The number of hydrogen-bond acceptors (Lipinski definition) is 5. The fourth-order valence-corrected chi connectivity index (χ4v) is 2.92. The van der Waals surface area contributed by atoms with Crippen molar-refractivity contribution < 1.29 is 19.4 Å². The highest BCUT2D eigenvalue weighted by Gasteiger charge is 2.31. The molecule has 1 fully saturated rings. The van der Waals surface area contributed by atoms with E-state index in [0.717, 1.165) is 38.2 Å². The fourth-order valence-electron chi connectivity index (χ4n) is 2.92. The number of carboxylic acids is 1. The van der Waals surface area contributed by atoms with Crippen molar-refractivity contribution in [3.05, 3.63) is 29.8 Å². The second kappa shape index (κ2) is 8.34. The summed E-state index contributed by atoms with van der Waals surface area (Å²) < 4.78 is 5.74. The van der Waals surface area contributed by atoms with Crippen molar-refractivity contribution in [1.82, 2.24) is 4.90 Å². The molecule has 1 saturated heterocycles. The lowest BCUT2D eigenvalue weighted by atomic mass is 9.95.